The molecule has 1 rings (SSSR count). The Labute approximate surface area is 114 Å². The van der Waals surface area contributed by atoms with Gasteiger partial charge >= 0.3 is 5.97 Å². The van der Waals surface area contributed by atoms with E-state index in [-0.39, 0.29) is 11.6 Å². The van der Waals surface area contributed by atoms with Crippen molar-refractivity contribution in [3.63, 3.8) is 0 Å². The second-order valence-corrected chi connectivity index (χ2v) is 5.50. The van der Waals surface area contributed by atoms with E-state index in [4.69, 9.17) is 9.84 Å². The van der Waals surface area contributed by atoms with Gasteiger partial charge in [0.05, 0.1) is 11.2 Å². The van der Waals surface area contributed by atoms with Crippen molar-refractivity contribution < 1.29 is 14.6 Å². The molecule has 0 aliphatic rings. The Balaban J connectivity index is 2.83. The topological polar surface area (TPSA) is 58.6 Å². The standard InChI is InChI=1S/C15H23NO3/c1-10(9-15(3,4)19-5)16-13-8-6-7-12(11(13)2)14(17)18/h6-8,10,16H,9H2,1-5H3,(H,17,18). The second-order valence-electron chi connectivity index (χ2n) is 5.50. The summed E-state index contributed by atoms with van der Waals surface area (Å²) in [4.78, 5) is 11.1. The van der Waals surface area contributed by atoms with Gasteiger partial charge in [-0.15, -0.1) is 0 Å². The van der Waals surface area contributed by atoms with Crippen LogP contribution in [0.25, 0.3) is 0 Å². The third kappa shape index (κ3) is 4.24. The number of hydrogen-bond acceptors (Lipinski definition) is 3. The molecule has 1 aromatic rings. The average molecular weight is 265 g/mol. The van der Waals surface area contributed by atoms with Crippen LogP contribution in [0.2, 0.25) is 0 Å². The molecule has 0 heterocycles. The Morgan fingerprint density at radius 1 is 1.47 bits per heavy atom. The first-order valence-corrected chi connectivity index (χ1v) is 6.41. The Hall–Kier alpha value is -1.55. The first-order valence-electron chi connectivity index (χ1n) is 6.41. The lowest BCUT2D eigenvalue weighted by Gasteiger charge is -2.28. The number of hydrogen-bond donors (Lipinski definition) is 2. The quantitative estimate of drug-likeness (QED) is 0.828. The molecule has 1 aromatic carbocycles. The number of carboxylic acid groups (broad SMARTS) is 1. The molecule has 0 amide bonds. The fourth-order valence-electron chi connectivity index (χ4n) is 2.16. The maximum atomic E-state index is 11.1. The summed E-state index contributed by atoms with van der Waals surface area (Å²) in [6.07, 6.45) is 0.834. The van der Waals surface area contributed by atoms with Gasteiger partial charge in [0.1, 0.15) is 0 Å². The third-order valence-corrected chi connectivity index (χ3v) is 3.32. The van der Waals surface area contributed by atoms with Crippen LogP contribution < -0.4 is 5.32 Å². The molecule has 0 saturated heterocycles. The van der Waals surface area contributed by atoms with E-state index in [1.54, 1.807) is 19.2 Å². The predicted molar refractivity (Wildman–Crippen MR) is 76.9 cm³/mol. The van der Waals surface area contributed by atoms with E-state index < -0.39 is 5.97 Å². The van der Waals surface area contributed by atoms with E-state index in [1.165, 1.54) is 0 Å². The van der Waals surface area contributed by atoms with Crippen molar-refractivity contribution in [2.45, 2.75) is 45.8 Å². The highest BCUT2D eigenvalue weighted by molar-refractivity contribution is 5.91. The van der Waals surface area contributed by atoms with Crippen molar-refractivity contribution in [2.75, 3.05) is 12.4 Å². The van der Waals surface area contributed by atoms with Crippen molar-refractivity contribution in [3.8, 4) is 0 Å². The van der Waals surface area contributed by atoms with Crippen molar-refractivity contribution >= 4 is 11.7 Å². The van der Waals surface area contributed by atoms with E-state index in [0.717, 1.165) is 17.7 Å². The van der Waals surface area contributed by atoms with Gasteiger partial charge in [0.2, 0.25) is 0 Å². The number of aromatic carboxylic acids is 1. The van der Waals surface area contributed by atoms with Gasteiger partial charge in [-0.25, -0.2) is 4.79 Å². The van der Waals surface area contributed by atoms with Crippen molar-refractivity contribution in [1.82, 2.24) is 0 Å². The molecule has 0 saturated carbocycles. The molecule has 1 atom stereocenters. The summed E-state index contributed by atoms with van der Waals surface area (Å²) in [5.74, 6) is -0.897. The molecule has 1 unspecified atom stereocenters. The largest absolute Gasteiger partial charge is 0.478 e. The van der Waals surface area contributed by atoms with Gasteiger partial charge in [-0.05, 0) is 51.8 Å². The first kappa shape index (κ1) is 15.5. The average Bonchev–Trinajstić information content (AvgIpc) is 2.30. The van der Waals surface area contributed by atoms with Gasteiger partial charge in [-0.1, -0.05) is 6.07 Å². The number of nitrogens with one attached hydrogen (secondary N) is 1. The van der Waals surface area contributed by atoms with E-state index >= 15 is 0 Å². The minimum atomic E-state index is -0.897. The molecule has 0 aliphatic heterocycles. The SMILES string of the molecule is COC(C)(C)CC(C)Nc1cccc(C(=O)O)c1C. The normalized spacial score (nSPS) is 13.1. The van der Waals surface area contributed by atoms with Crippen LogP contribution in [-0.2, 0) is 4.74 Å². The van der Waals surface area contributed by atoms with Gasteiger partial charge in [-0.2, -0.15) is 0 Å². The number of carboxylic acids is 1. The molecule has 0 fully saturated rings. The van der Waals surface area contributed by atoms with Crippen LogP contribution in [0.4, 0.5) is 5.69 Å². The summed E-state index contributed by atoms with van der Waals surface area (Å²) in [5, 5.41) is 12.5. The van der Waals surface area contributed by atoms with Gasteiger partial charge in [0.15, 0.2) is 0 Å². The van der Waals surface area contributed by atoms with Crippen LogP contribution in [0, 0.1) is 6.92 Å². The van der Waals surface area contributed by atoms with Gasteiger partial charge < -0.3 is 15.2 Å². The molecular weight excluding hydrogens is 242 g/mol. The monoisotopic (exact) mass is 265 g/mol. The third-order valence-electron chi connectivity index (χ3n) is 3.32. The number of carbonyl (C=O) groups is 1. The fourth-order valence-corrected chi connectivity index (χ4v) is 2.16. The lowest BCUT2D eigenvalue weighted by molar-refractivity contribution is 0.0128. The molecule has 0 spiro atoms. The van der Waals surface area contributed by atoms with Crippen molar-refractivity contribution in [2.24, 2.45) is 0 Å². The van der Waals surface area contributed by atoms with Crippen LogP contribution in [0.15, 0.2) is 18.2 Å². The minimum absolute atomic E-state index is 0.192. The molecule has 0 bridgehead atoms. The predicted octanol–water partition coefficient (Wildman–Crippen LogP) is 3.31. The zero-order chi connectivity index (χ0) is 14.6. The van der Waals surface area contributed by atoms with Gasteiger partial charge in [0, 0.05) is 18.8 Å². The summed E-state index contributed by atoms with van der Waals surface area (Å²) in [6.45, 7) is 7.95. The van der Waals surface area contributed by atoms with E-state index in [1.807, 2.05) is 26.8 Å². The number of anilines is 1. The molecule has 0 aromatic heterocycles. The maximum absolute atomic E-state index is 11.1. The zero-order valence-electron chi connectivity index (χ0n) is 12.3. The lowest BCUT2D eigenvalue weighted by atomic mass is 9.99. The van der Waals surface area contributed by atoms with E-state index in [9.17, 15) is 4.79 Å². The molecule has 4 nitrogen and oxygen atoms in total. The zero-order valence-corrected chi connectivity index (χ0v) is 12.3. The Kier molecular flexibility index (Phi) is 4.95. The number of benzene rings is 1. The van der Waals surface area contributed by atoms with Crippen LogP contribution in [0.3, 0.4) is 0 Å². The summed E-state index contributed by atoms with van der Waals surface area (Å²) in [5.41, 5.74) is 1.75. The minimum Gasteiger partial charge on any atom is -0.478 e. The molecule has 0 aliphatic carbocycles. The number of methoxy groups -OCH3 is 1. The summed E-state index contributed by atoms with van der Waals surface area (Å²) >= 11 is 0. The second kappa shape index (κ2) is 6.06. The molecule has 2 N–H and O–H groups in total. The van der Waals surface area contributed by atoms with E-state index in [0.29, 0.717) is 5.56 Å². The van der Waals surface area contributed by atoms with E-state index in [2.05, 4.69) is 12.2 Å². The smallest absolute Gasteiger partial charge is 0.336 e. The van der Waals surface area contributed by atoms with Crippen molar-refractivity contribution in [3.05, 3.63) is 29.3 Å². The van der Waals surface area contributed by atoms with Gasteiger partial charge in [-0.3, -0.25) is 0 Å². The molecule has 0 radical (unpaired) electrons. The first-order chi connectivity index (χ1) is 8.76. The highest BCUT2D eigenvalue weighted by Gasteiger charge is 2.20. The van der Waals surface area contributed by atoms with Crippen LogP contribution in [0.1, 0.15) is 43.1 Å². The maximum Gasteiger partial charge on any atom is 0.336 e. The fraction of sp³-hybridized carbons (Fsp3) is 0.533. The summed E-state index contributed by atoms with van der Waals surface area (Å²) in [7, 11) is 1.70. The van der Waals surface area contributed by atoms with Crippen LogP contribution in [0.5, 0.6) is 0 Å². The molecule has 4 heteroatoms. The van der Waals surface area contributed by atoms with Crippen molar-refractivity contribution in [1.29, 1.82) is 0 Å². The summed E-state index contributed by atoms with van der Waals surface area (Å²) in [6, 6.07) is 5.47. The Morgan fingerprint density at radius 3 is 2.63 bits per heavy atom. The highest BCUT2D eigenvalue weighted by Crippen LogP contribution is 2.23. The number of ether oxygens (including phenoxy) is 1. The van der Waals surface area contributed by atoms with Crippen LogP contribution >= 0.6 is 0 Å². The lowest BCUT2D eigenvalue weighted by Crippen LogP contribution is -2.31. The molecular formula is C15H23NO3. The number of rotatable bonds is 6. The Morgan fingerprint density at radius 2 is 2.11 bits per heavy atom. The summed E-state index contributed by atoms with van der Waals surface area (Å²) < 4.78 is 5.40. The molecule has 106 valence electrons. The molecule has 19 heavy (non-hydrogen) atoms. The Bertz CT molecular complexity index is 455. The highest BCUT2D eigenvalue weighted by atomic mass is 16.5. The van der Waals surface area contributed by atoms with Crippen LogP contribution in [-0.4, -0.2) is 29.8 Å². The van der Waals surface area contributed by atoms with Gasteiger partial charge in [0.25, 0.3) is 0 Å².